The van der Waals surface area contributed by atoms with Crippen molar-refractivity contribution in [3.63, 3.8) is 0 Å². The minimum absolute atomic E-state index is 0.469. The highest BCUT2D eigenvalue weighted by Gasteiger charge is 2.21. The second-order valence-corrected chi connectivity index (χ2v) is 4.84. The van der Waals surface area contributed by atoms with Crippen LogP contribution in [0.4, 0.5) is 5.95 Å². The lowest BCUT2D eigenvalue weighted by Gasteiger charge is -2.33. The Balaban J connectivity index is 2.12. The van der Waals surface area contributed by atoms with Crippen LogP contribution in [0, 0.1) is 0 Å². The fourth-order valence-electron chi connectivity index (χ4n) is 2.31. The predicted octanol–water partition coefficient (Wildman–Crippen LogP) is 1.65. The Hall–Kier alpha value is -1.03. The number of piperidine rings is 1. The lowest BCUT2D eigenvalue weighted by molar-refractivity contribution is 0.435. The highest BCUT2D eigenvalue weighted by molar-refractivity contribution is 5.32. The summed E-state index contributed by atoms with van der Waals surface area (Å²) >= 11 is 0. The van der Waals surface area contributed by atoms with Crippen molar-refractivity contribution in [3.05, 3.63) is 12.4 Å². The zero-order chi connectivity index (χ0) is 11.5. The van der Waals surface area contributed by atoms with Crippen LogP contribution in [0.2, 0.25) is 0 Å². The summed E-state index contributed by atoms with van der Waals surface area (Å²) in [7, 11) is 2.15. The third-order valence-electron chi connectivity index (χ3n) is 3.34. The maximum Gasteiger partial charge on any atom is 0.205 e. The van der Waals surface area contributed by atoms with E-state index >= 15 is 0 Å². The van der Waals surface area contributed by atoms with Crippen molar-refractivity contribution in [1.82, 2.24) is 14.9 Å². The van der Waals surface area contributed by atoms with Gasteiger partial charge in [-0.15, -0.1) is 0 Å². The standard InChI is InChI=1S/C12H22N4/c1-10(2)16-8-7-14-12(16)15(3)11-5-4-6-13-9-11/h7-8,10-11,13H,4-6,9H2,1-3H3. The van der Waals surface area contributed by atoms with E-state index in [-0.39, 0.29) is 0 Å². The number of rotatable bonds is 3. The summed E-state index contributed by atoms with van der Waals surface area (Å²) in [6.07, 6.45) is 6.47. The van der Waals surface area contributed by atoms with Gasteiger partial charge in [0.05, 0.1) is 0 Å². The molecular formula is C12H22N4. The quantitative estimate of drug-likeness (QED) is 0.844. The van der Waals surface area contributed by atoms with Crippen LogP contribution in [0.3, 0.4) is 0 Å². The van der Waals surface area contributed by atoms with Gasteiger partial charge in [0, 0.05) is 38.1 Å². The fourth-order valence-corrected chi connectivity index (χ4v) is 2.31. The van der Waals surface area contributed by atoms with Crippen molar-refractivity contribution in [2.24, 2.45) is 0 Å². The van der Waals surface area contributed by atoms with Gasteiger partial charge < -0.3 is 14.8 Å². The summed E-state index contributed by atoms with van der Waals surface area (Å²) in [4.78, 5) is 6.79. The largest absolute Gasteiger partial charge is 0.341 e. The van der Waals surface area contributed by atoms with Crippen LogP contribution in [-0.2, 0) is 0 Å². The molecule has 2 rings (SSSR count). The molecular weight excluding hydrogens is 200 g/mol. The van der Waals surface area contributed by atoms with Crippen LogP contribution in [0.5, 0.6) is 0 Å². The minimum Gasteiger partial charge on any atom is -0.341 e. The molecule has 4 nitrogen and oxygen atoms in total. The average Bonchev–Trinajstić information content (AvgIpc) is 2.78. The van der Waals surface area contributed by atoms with E-state index in [2.05, 4.69) is 46.9 Å². The summed E-state index contributed by atoms with van der Waals surface area (Å²) in [5, 5.41) is 3.45. The molecule has 1 saturated heterocycles. The zero-order valence-corrected chi connectivity index (χ0v) is 10.5. The van der Waals surface area contributed by atoms with Crippen LogP contribution in [0.15, 0.2) is 12.4 Å². The molecule has 1 aliphatic rings. The monoisotopic (exact) mass is 222 g/mol. The molecule has 16 heavy (non-hydrogen) atoms. The van der Waals surface area contributed by atoms with E-state index in [0.717, 1.165) is 19.0 Å². The molecule has 0 amide bonds. The Kier molecular flexibility index (Phi) is 3.49. The van der Waals surface area contributed by atoms with Crippen LogP contribution in [-0.4, -0.2) is 35.7 Å². The average molecular weight is 222 g/mol. The number of imidazole rings is 1. The van der Waals surface area contributed by atoms with Crippen molar-refractivity contribution in [2.45, 2.75) is 38.8 Å². The Labute approximate surface area is 97.7 Å². The van der Waals surface area contributed by atoms with Gasteiger partial charge in [-0.2, -0.15) is 0 Å². The van der Waals surface area contributed by atoms with Crippen molar-refractivity contribution in [1.29, 1.82) is 0 Å². The number of likely N-dealkylation sites (N-methyl/N-ethyl adjacent to an activating group) is 1. The Bertz CT molecular complexity index is 326. The molecule has 1 fully saturated rings. The maximum atomic E-state index is 4.47. The van der Waals surface area contributed by atoms with E-state index < -0.39 is 0 Å². The third-order valence-corrected chi connectivity index (χ3v) is 3.34. The maximum absolute atomic E-state index is 4.47. The van der Waals surface area contributed by atoms with Gasteiger partial charge in [-0.1, -0.05) is 0 Å². The summed E-state index contributed by atoms with van der Waals surface area (Å²) in [5.41, 5.74) is 0. The van der Waals surface area contributed by atoms with Crippen molar-refractivity contribution in [3.8, 4) is 0 Å². The van der Waals surface area contributed by atoms with Gasteiger partial charge in [0.1, 0.15) is 0 Å². The highest BCUT2D eigenvalue weighted by atomic mass is 15.3. The van der Waals surface area contributed by atoms with Crippen molar-refractivity contribution < 1.29 is 0 Å². The molecule has 0 spiro atoms. The van der Waals surface area contributed by atoms with Gasteiger partial charge in [0.25, 0.3) is 0 Å². The SMILES string of the molecule is CC(C)n1ccnc1N(C)C1CCCNC1. The number of nitrogens with one attached hydrogen (secondary N) is 1. The molecule has 0 aliphatic carbocycles. The Morgan fingerprint density at radius 1 is 1.56 bits per heavy atom. The fraction of sp³-hybridized carbons (Fsp3) is 0.750. The topological polar surface area (TPSA) is 33.1 Å². The zero-order valence-electron chi connectivity index (χ0n) is 10.5. The lowest BCUT2D eigenvalue weighted by Crippen LogP contribution is -2.45. The van der Waals surface area contributed by atoms with Gasteiger partial charge in [0.15, 0.2) is 0 Å². The number of hydrogen-bond acceptors (Lipinski definition) is 3. The summed E-state index contributed by atoms with van der Waals surface area (Å²) in [6, 6.07) is 1.05. The van der Waals surface area contributed by atoms with Crippen LogP contribution < -0.4 is 10.2 Å². The van der Waals surface area contributed by atoms with Crippen LogP contribution in [0.1, 0.15) is 32.7 Å². The Morgan fingerprint density at radius 2 is 2.38 bits per heavy atom. The summed E-state index contributed by atoms with van der Waals surface area (Å²) in [6.45, 7) is 6.61. The Morgan fingerprint density at radius 3 is 3.00 bits per heavy atom. The van der Waals surface area contributed by atoms with Gasteiger partial charge in [-0.3, -0.25) is 0 Å². The van der Waals surface area contributed by atoms with Crippen LogP contribution >= 0.6 is 0 Å². The van der Waals surface area contributed by atoms with E-state index in [9.17, 15) is 0 Å². The molecule has 1 aromatic heterocycles. The van der Waals surface area contributed by atoms with E-state index in [1.165, 1.54) is 12.8 Å². The molecule has 1 unspecified atom stereocenters. The number of hydrogen-bond donors (Lipinski definition) is 1. The lowest BCUT2D eigenvalue weighted by atomic mass is 10.1. The molecule has 1 atom stereocenters. The molecule has 4 heteroatoms. The second-order valence-electron chi connectivity index (χ2n) is 4.84. The molecule has 90 valence electrons. The molecule has 0 bridgehead atoms. The van der Waals surface area contributed by atoms with Gasteiger partial charge in [-0.25, -0.2) is 4.98 Å². The normalized spacial score (nSPS) is 21.4. The predicted molar refractivity (Wildman–Crippen MR) is 66.9 cm³/mol. The molecule has 1 aromatic rings. The molecule has 1 N–H and O–H groups in total. The van der Waals surface area contributed by atoms with Crippen LogP contribution in [0.25, 0.3) is 0 Å². The van der Waals surface area contributed by atoms with Gasteiger partial charge in [0.2, 0.25) is 5.95 Å². The first kappa shape index (κ1) is 11.5. The first-order valence-electron chi connectivity index (χ1n) is 6.16. The van der Waals surface area contributed by atoms with Crippen molar-refractivity contribution in [2.75, 3.05) is 25.0 Å². The minimum atomic E-state index is 0.469. The van der Waals surface area contributed by atoms with E-state index in [1.807, 2.05) is 6.20 Å². The van der Waals surface area contributed by atoms with Crippen molar-refractivity contribution >= 4 is 5.95 Å². The third kappa shape index (κ3) is 2.21. The first-order valence-corrected chi connectivity index (χ1v) is 6.16. The molecule has 0 aromatic carbocycles. The molecule has 0 radical (unpaired) electrons. The smallest absolute Gasteiger partial charge is 0.205 e. The summed E-state index contributed by atoms with van der Waals surface area (Å²) in [5.74, 6) is 1.09. The molecule has 0 saturated carbocycles. The van der Waals surface area contributed by atoms with E-state index in [0.29, 0.717) is 12.1 Å². The number of nitrogens with zero attached hydrogens (tertiary/aromatic N) is 3. The first-order chi connectivity index (χ1) is 7.70. The molecule has 1 aliphatic heterocycles. The second kappa shape index (κ2) is 4.87. The van der Waals surface area contributed by atoms with E-state index in [1.54, 1.807) is 0 Å². The van der Waals surface area contributed by atoms with Gasteiger partial charge >= 0.3 is 0 Å². The highest BCUT2D eigenvalue weighted by Crippen LogP contribution is 2.20. The van der Waals surface area contributed by atoms with E-state index in [4.69, 9.17) is 0 Å². The van der Waals surface area contributed by atoms with Gasteiger partial charge in [-0.05, 0) is 33.2 Å². The number of anilines is 1. The molecule has 2 heterocycles. The summed E-state index contributed by atoms with van der Waals surface area (Å²) < 4.78 is 2.23. The number of aromatic nitrogens is 2.